The molecule has 138 valence electrons. The van der Waals surface area contributed by atoms with Gasteiger partial charge >= 0.3 is 5.97 Å². The van der Waals surface area contributed by atoms with E-state index in [2.05, 4.69) is 18.9 Å². The fourth-order valence-corrected chi connectivity index (χ4v) is 4.88. The van der Waals surface area contributed by atoms with E-state index >= 15 is 0 Å². The van der Waals surface area contributed by atoms with Crippen LogP contribution in [0.2, 0.25) is 0 Å². The number of nitrogens with zero attached hydrogens (tertiary/aromatic N) is 3. The summed E-state index contributed by atoms with van der Waals surface area (Å²) in [6.07, 6.45) is 3.23. The number of halogens is 1. The van der Waals surface area contributed by atoms with Crippen LogP contribution in [-0.2, 0) is 0 Å². The highest BCUT2D eigenvalue weighted by Crippen LogP contribution is 2.56. The lowest BCUT2D eigenvalue weighted by atomic mass is 9.84. The van der Waals surface area contributed by atoms with Crippen LogP contribution in [0.15, 0.2) is 35.3 Å². The minimum absolute atomic E-state index is 0.0153. The van der Waals surface area contributed by atoms with Crippen molar-refractivity contribution < 1.29 is 14.3 Å². The van der Waals surface area contributed by atoms with Crippen molar-refractivity contribution in [3.8, 4) is 11.4 Å². The van der Waals surface area contributed by atoms with Gasteiger partial charge in [0.05, 0.1) is 23.5 Å². The molecule has 1 N–H and O–H groups in total. The lowest BCUT2D eigenvalue weighted by Gasteiger charge is -2.39. The summed E-state index contributed by atoms with van der Waals surface area (Å²) in [6.45, 7) is 4.27. The van der Waals surface area contributed by atoms with E-state index in [4.69, 9.17) is 0 Å². The highest BCUT2D eigenvalue weighted by molar-refractivity contribution is 5.94. The number of fused-ring (bicyclic) bond motifs is 8. The Morgan fingerprint density at radius 2 is 2.15 bits per heavy atom. The zero-order chi connectivity index (χ0) is 19.1. The Kier molecular flexibility index (Phi) is 3.04. The van der Waals surface area contributed by atoms with Crippen LogP contribution in [0.4, 0.5) is 4.39 Å². The third kappa shape index (κ3) is 2.02. The predicted molar refractivity (Wildman–Crippen MR) is 97.4 cm³/mol. The smallest absolute Gasteiger partial charge is 0.341 e. The lowest BCUT2D eigenvalue weighted by molar-refractivity contribution is 0.0693. The van der Waals surface area contributed by atoms with Crippen molar-refractivity contribution in [2.24, 2.45) is 5.41 Å². The Bertz CT molecular complexity index is 1190. The van der Waals surface area contributed by atoms with Gasteiger partial charge in [0.15, 0.2) is 11.2 Å². The molecule has 6 nitrogen and oxygen atoms in total. The maximum atomic E-state index is 14.4. The van der Waals surface area contributed by atoms with Crippen LogP contribution < -0.4 is 5.43 Å². The molecule has 2 aromatic heterocycles. The average molecular weight is 367 g/mol. The van der Waals surface area contributed by atoms with E-state index in [9.17, 15) is 19.1 Å². The first kappa shape index (κ1) is 16.2. The Hall–Kier alpha value is -2.96. The molecule has 7 heteroatoms. The SMILES string of the molecule is CC1(C)CC[C@H]2[C@@H]1n1cc(C(=O)O)c(=O)cc1-c1c3cccc(F)c3nn12. The molecule has 0 unspecified atom stereocenters. The summed E-state index contributed by atoms with van der Waals surface area (Å²) in [7, 11) is 0. The van der Waals surface area contributed by atoms with Crippen molar-refractivity contribution in [2.45, 2.75) is 38.8 Å². The summed E-state index contributed by atoms with van der Waals surface area (Å²) >= 11 is 0. The Balaban J connectivity index is 1.93. The van der Waals surface area contributed by atoms with Crippen LogP contribution in [0.1, 0.15) is 49.1 Å². The highest BCUT2D eigenvalue weighted by atomic mass is 19.1. The van der Waals surface area contributed by atoms with Crippen LogP contribution >= 0.6 is 0 Å². The summed E-state index contributed by atoms with van der Waals surface area (Å²) in [5.41, 5.74) is 0.633. The van der Waals surface area contributed by atoms with E-state index in [0.29, 0.717) is 16.8 Å². The third-order valence-corrected chi connectivity index (χ3v) is 6.09. The first-order valence-corrected chi connectivity index (χ1v) is 8.96. The molecule has 1 fully saturated rings. The van der Waals surface area contributed by atoms with Gasteiger partial charge in [0.1, 0.15) is 11.1 Å². The van der Waals surface area contributed by atoms with E-state index < -0.39 is 17.2 Å². The topological polar surface area (TPSA) is 77.1 Å². The van der Waals surface area contributed by atoms with Crippen molar-refractivity contribution in [3.05, 3.63) is 52.1 Å². The molecule has 0 saturated heterocycles. The molecule has 3 aromatic rings. The van der Waals surface area contributed by atoms with E-state index in [1.165, 1.54) is 18.3 Å². The second-order valence-electron chi connectivity index (χ2n) is 8.12. The van der Waals surface area contributed by atoms with Crippen LogP contribution in [0.3, 0.4) is 0 Å². The summed E-state index contributed by atoms with van der Waals surface area (Å²) in [5.74, 6) is -1.64. The molecule has 5 rings (SSSR count). The van der Waals surface area contributed by atoms with E-state index in [1.54, 1.807) is 12.1 Å². The van der Waals surface area contributed by atoms with Gasteiger partial charge in [0.25, 0.3) is 0 Å². The van der Waals surface area contributed by atoms with Crippen molar-refractivity contribution in [3.63, 3.8) is 0 Å². The third-order valence-electron chi connectivity index (χ3n) is 6.09. The van der Waals surface area contributed by atoms with Crippen molar-refractivity contribution in [1.29, 1.82) is 0 Å². The second-order valence-corrected chi connectivity index (χ2v) is 8.12. The minimum Gasteiger partial charge on any atom is -0.477 e. The van der Waals surface area contributed by atoms with Gasteiger partial charge in [-0.25, -0.2) is 9.18 Å². The number of hydrogen-bond donors (Lipinski definition) is 1. The molecule has 3 heterocycles. The summed E-state index contributed by atoms with van der Waals surface area (Å²) in [4.78, 5) is 24.0. The van der Waals surface area contributed by atoms with Crippen molar-refractivity contribution in [1.82, 2.24) is 14.3 Å². The normalized spacial score (nSPS) is 22.3. The van der Waals surface area contributed by atoms with Crippen molar-refractivity contribution >= 4 is 16.9 Å². The van der Waals surface area contributed by atoms with Gasteiger partial charge in [-0.2, -0.15) is 5.10 Å². The minimum atomic E-state index is -1.24. The van der Waals surface area contributed by atoms with Crippen LogP contribution in [0.5, 0.6) is 0 Å². The Labute approximate surface area is 153 Å². The monoisotopic (exact) mass is 367 g/mol. The molecule has 1 aliphatic heterocycles. The van der Waals surface area contributed by atoms with Gasteiger partial charge in [-0.15, -0.1) is 0 Å². The molecule has 1 aliphatic carbocycles. The maximum Gasteiger partial charge on any atom is 0.341 e. The number of carbonyl (C=O) groups is 1. The Morgan fingerprint density at radius 3 is 2.89 bits per heavy atom. The number of benzene rings is 1. The molecule has 2 atom stereocenters. The van der Waals surface area contributed by atoms with Crippen LogP contribution in [0, 0.1) is 11.2 Å². The second kappa shape index (κ2) is 5.06. The number of carboxylic acid groups (broad SMARTS) is 1. The summed E-state index contributed by atoms with van der Waals surface area (Å²) < 4.78 is 18.1. The quantitative estimate of drug-likeness (QED) is 0.713. The Morgan fingerprint density at radius 1 is 1.37 bits per heavy atom. The molecule has 1 aromatic carbocycles. The molecular weight excluding hydrogens is 349 g/mol. The molecule has 0 amide bonds. The number of rotatable bonds is 1. The number of carboxylic acids is 1. The van der Waals surface area contributed by atoms with Gasteiger partial charge in [0, 0.05) is 17.6 Å². The number of aromatic carboxylic acids is 1. The summed E-state index contributed by atoms with van der Waals surface area (Å²) in [6, 6.07) is 6.06. The molecule has 0 bridgehead atoms. The number of pyridine rings is 1. The standard InChI is InChI=1S/C20H18FN3O3/c1-20(2)7-6-13-18(20)23-9-11(19(26)27)15(25)8-14(23)17-10-4-3-5-12(21)16(10)22-24(13)17/h3-5,8-9,13,18H,6-7H2,1-2H3,(H,26,27)/t13-,18-/m0/s1. The van der Waals surface area contributed by atoms with Gasteiger partial charge in [-0.1, -0.05) is 26.0 Å². The molecule has 27 heavy (non-hydrogen) atoms. The van der Waals surface area contributed by atoms with E-state index in [-0.39, 0.29) is 28.6 Å². The zero-order valence-corrected chi connectivity index (χ0v) is 14.9. The first-order valence-electron chi connectivity index (χ1n) is 8.96. The fourth-order valence-electron chi connectivity index (χ4n) is 4.88. The zero-order valence-electron chi connectivity index (χ0n) is 14.9. The van der Waals surface area contributed by atoms with Gasteiger partial charge in [-0.05, 0) is 24.3 Å². The van der Waals surface area contributed by atoms with Gasteiger partial charge in [0.2, 0.25) is 0 Å². The average Bonchev–Trinajstić information content (AvgIpc) is 3.13. The summed E-state index contributed by atoms with van der Waals surface area (Å²) in [5, 5.41) is 14.6. The molecule has 2 aliphatic rings. The van der Waals surface area contributed by atoms with Gasteiger partial charge in [-0.3, -0.25) is 9.48 Å². The largest absolute Gasteiger partial charge is 0.477 e. The first-order chi connectivity index (χ1) is 12.8. The van der Waals surface area contributed by atoms with E-state index in [1.807, 2.05) is 9.25 Å². The highest BCUT2D eigenvalue weighted by Gasteiger charge is 2.48. The van der Waals surface area contributed by atoms with Gasteiger partial charge < -0.3 is 9.67 Å². The lowest BCUT2D eigenvalue weighted by Crippen LogP contribution is -2.35. The number of aromatic nitrogens is 3. The molecule has 0 radical (unpaired) electrons. The molecule has 1 saturated carbocycles. The predicted octanol–water partition coefficient (Wildman–Crippen LogP) is 3.62. The molecule has 0 spiro atoms. The molecular formula is C20H18FN3O3. The van der Waals surface area contributed by atoms with Crippen molar-refractivity contribution in [2.75, 3.05) is 0 Å². The van der Waals surface area contributed by atoms with E-state index in [0.717, 1.165) is 12.8 Å². The van der Waals surface area contributed by atoms with Crippen LogP contribution in [0.25, 0.3) is 22.3 Å². The fraction of sp³-hybridized carbons (Fsp3) is 0.350. The number of hydrogen-bond acceptors (Lipinski definition) is 3. The maximum absolute atomic E-state index is 14.4. The van der Waals surface area contributed by atoms with Crippen LogP contribution in [-0.4, -0.2) is 25.4 Å².